The zero-order valence-electron chi connectivity index (χ0n) is 14.1. The number of carbonyl (C=O) groups is 3. The van der Waals surface area contributed by atoms with Crippen molar-refractivity contribution >= 4 is 30.1 Å². The minimum Gasteiger partial charge on any atom is -0.341 e. The molecule has 3 aliphatic rings. The van der Waals surface area contributed by atoms with Crippen LogP contribution in [0.15, 0.2) is 18.2 Å². The predicted octanol–water partition coefficient (Wildman–Crippen LogP) is 1.21. The number of hydrogen-bond acceptors (Lipinski definition) is 4. The number of rotatable bonds is 2. The highest BCUT2D eigenvalue weighted by atomic mass is 35.5. The Hall–Kier alpha value is -1.92. The van der Waals surface area contributed by atoms with Gasteiger partial charge in [-0.25, -0.2) is 0 Å². The van der Waals surface area contributed by atoms with Crippen LogP contribution < -0.4 is 5.73 Å². The maximum Gasteiger partial charge on any atom is 0.262 e. The van der Waals surface area contributed by atoms with Crippen molar-refractivity contribution in [2.45, 2.75) is 25.8 Å². The Kier molecular flexibility index (Phi) is 4.60. The summed E-state index contributed by atoms with van der Waals surface area (Å²) in [6, 6.07) is 5.34. The van der Waals surface area contributed by atoms with Gasteiger partial charge in [0.15, 0.2) is 0 Å². The molecule has 7 heteroatoms. The van der Waals surface area contributed by atoms with Crippen LogP contribution in [-0.4, -0.2) is 53.2 Å². The van der Waals surface area contributed by atoms with Crippen molar-refractivity contribution < 1.29 is 14.4 Å². The summed E-state index contributed by atoms with van der Waals surface area (Å²) in [5, 5.41) is 0. The van der Waals surface area contributed by atoms with Crippen LogP contribution in [0.1, 0.15) is 39.1 Å². The Bertz CT molecular complexity index is 751. The van der Waals surface area contributed by atoms with Crippen molar-refractivity contribution in [3.8, 4) is 0 Å². The molecule has 2 heterocycles. The van der Waals surface area contributed by atoms with Crippen LogP contribution in [0.4, 0.5) is 0 Å². The molecule has 0 aromatic heterocycles. The second-order valence-corrected chi connectivity index (χ2v) is 7.21. The largest absolute Gasteiger partial charge is 0.341 e. The first-order chi connectivity index (χ1) is 11.5. The molecular formula is C18H22ClN3O3. The molecule has 3 unspecified atom stereocenters. The van der Waals surface area contributed by atoms with E-state index in [1.165, 1.54) is 0 Å². The van der Waals surface area contributed by atoms with Gasteiger partial charge in [0, 0.05) is 19.1 Å². The molecule has 25 heavy (non-hydrogen) atoms. The molecule has 2 aliphatic heterocycles. The average Bonchev–Trinajstić information content (AvgIpc) is 3.19. The molecule has 0 spiro atoms. The fourth-order valence-corrected chi connectivity index (χ4v) is 4.29. The number of likely N-dealkylation sites (tertiary alicyclic amines) is 1. The zero-order valence-corrected chi connectivity index (χ0v) is 14.9. The van der Waals surface area contributed by atoms with Gasteiger partial charge in [0.1, 0.15) is 6.54 Å². The van der Waals surface area contributed by atoms with Gasteiger partial charge in [-0.05, 0) is 43.7 Å². The van der Waals surface area contributed by atoms with Crippen LogP contribution in [0.5, 0.6) is 0 Å². The van der Waals surface area contributed by atoms with Crippen LogP contribution in [0, 0.1) is 18.8 Å². The summed E-state index contributed by atoms with van der Waals surface area (Å²) in [6.07, 6.45) is 2.08. The first-order valence-corrected chi connectivity index (χ1v) is 8.46. The zero-order chi connectivity index (χ0) is 17.0. The number of fused-ring (bicyclic) bond motifs is 2. The highest BCUT2D eigenvalue weighted by molar-refractivity contribution is 6.22. The number of amides is 3. The molecular weight excluding hydrogens is 342 g/mol. The van der Waals surface area contributed by atoms with Crippen molar-refractivity contribution in [1.82, 2.24) is 9.80 Å². The lowest BCUT2D eigenvalue weighted by Gasteiger charge is -2.21. The Morgan fingerprint density at radius 3 is 2.60 bits per heavy atom. The Morgan fingerprint density at radius 1 is 1.16 bits per heavy atom. The van der Waals surface area contributed by atoms with Crippen LogP contribution in [0.25, 0.3) is 0 Å². The minimum atomic E-state index is -0.376. The Morgan fingerprint density at radius 2 is 1.88 bits per heavy atom. The van der Waals surface area contributed by atoms with Gasteiger partial charge < -0.3 is 10.6 Å². The van der Waals surface area contributed by atoms with Gasteiger partial charge in [-0.1, -0.05) is 11.6 Å². The SMILES string of the molecule is Cc1ccc2c(c1)C(=O)N(CC(=O)N1CC3CCC(N)C3C1)C2=O.Cl. The molecule has 1 saturated heterocycles. The first kappa shape index (κ1) is 17.9. The van der Waals surface area contributed by atoms with Gasteiger partial charge in [-0.2, -0.15) is 0 Å². The molecule has 3 atom stereocenters. The van der Waals surface area contributed by atoms with E-state index in [0.29, 0.717) is 36.1 Å². The van der Waals surface area contributed by atoms with E-state index >= 15 is 0 Å². The van der Waals surface area contributed by atoms with E-state index in [-0.39, 0.29) is 42.7 Å². The van der Waals surface area contributed by atoms with Crippen LogP contribution in [0.3, 0.4) is 0 Å². The lowest BCUT2D eigenvalue weighted by atomic mass is 9.98. The Balaban J connectivity index is 0.00000182. The second kappa shape index (κ2) is 6.42. The van der Waals surface area contributed by atoms with Crippen molar-refractivity contribution in [3.05, 3.63) is 34.9 Å². The number of imide groups is 1. The molecule has 1 aliphatic carbocycles. The number of carbonyl (C=O) groups excluding carboxylic acids is 3. The van der Waals surface area contributed by atoms with Crippen molar-refractivity contribution in [3.63, 3.8) is 0 Å². The molecule has 4 rings (SSSR count). The van der Waals surface area contributed by atoms with Crippen LogP contribution in [-0.2, 0) is 4.79 Å². The van der Waals surface area contributed by atoms with E-state index < -0.39 is 0 Å². The molecule has 0 radical (unpaired) electrons. The van der Waals surface area contributed by atoms with Crippen molar-refractivity contribution in [1.29, 1.82) is 0 Å². The maximum atomic E-state index is 12.6. The van der Waals surface area contributed by atoms with E-state index in [1.54, 1.807) is 23.1 Å². The summed E-state index contributed by atoms with van der Waals surface area (Å²) < 4.78 is 0. The van der Waals surface area contributed by atoms with E-state index in [9.17, 15) is 14.4 Å². The van der Waals surface area contributed by atoms with E-state index in [1.807, 2.05) is 6.92 Å². The molecule has 134 valence electrons. The third-order valence-corrected chi connectivity index (χ3v) is 5.68. The smallest absolute Gasteiger partial charge is 0.262 e. The van der Waals surface area contributed by atoms with Gasteiger partial charge in [0.25, 0.3) is 11.8 Å². The summed E-state index contributed by atoms with van der Waals surface area (Å²) >= 11 is 0. The molecule has 0 bridgehead atoms. The third-order valence-electron chi connectivity index (χ3n) is 5.68. The fraction of sp³-hybridized carbons (Fsp3) is 0.500. The summed E-state index contributed by atoms with van der Waals surface area (Å²) in [5.41, 5.74) is 7.81. The standard InChI is InChI=1S/C18H21N3O3.ClH/c1-10-2-4-12-13(6-10)18(24)21(17(12)23)9-16(22)20-7-11-3-5-15(19)14(11)8-20;/h2,4,6,11,14-15H,3,5,7-9,19H2,1H3;1H. The highest BCUT2D eigenvalue weighted by Crippen LogP contribution is 2.37. The molecule has 1 saturated carbocycles. The summed E-state index contributed by atoms with van der Waals surface area (Å²) in [6.45, 7) is 3.03. The third kappa shape index (κ3) is 2.83. The predicted molar refractivity (Wildman–Crippen MR) is 94.6 cm³/mol. The summed E-state index contributed by atoms with van der Waals surface area (Å²) in [4.78, 5) is 40.3. The molecule has 1 aromatic carbocycles. The Labute approximate surface area is 152 Å². The van der Waals surface area contributed by atoms with Gasteiger partial charge >= 0.3 is 0 Å². The van der Waals surface area contributed by atoms with Gasteiger partial charge in [-0.15, -0.1) is 12.4 Å². The number of aryl methyl sites for hydroxylation is 1. The van der Waals surface area contributed by atoms with Crippen LogP contribution >= 0.6 is 12.4 Å². The second-order valence-electron chi connectivity index (χ2n) is 7.21. The first-order valence-electron chi connectivity index (χ1n) is 8.46. The molecule has 2 N–H and O–H groups in total. The summed E-state index contributed by atoms with van der Waals surface area (Å²) in [5.74, 6) is -0.0852. The average molecular weight is 364 g/mol. The lowest BCUT2D eigenvalue weighted by Crippen LogP contribution is -2.42. The monoisotopic (exact) mass is 363 g/mol. The van der Waals surface area contributed by atoms with E-state index in [0.717, 1.165) is 23.3 Å². The van der Waals surface area contributed by atoms with Gasteiger partial charge in [0.2, 0.25) is 5.91 Å². The number of nitrogens with two attached hydrogens (primary N) is 1. The van der Waals surface area contributed by atoms with E-state index in [2.05, 4.69) is 0 Å². The molecule has 1 aromatic rings. The number of halogens is 1. The molecule has 3 amide bonds. The number of benzene rings is 1. The minimum absolute atomic E-state index is 0. The van der Waals surface area contributed by atoms with E-state index in [4.69, 9.17) is 5.73 Å². The number of hydrogen-bond donors (Lipinski definition) is 1. The van der Waals surface area contributed by atoms with Crippen LogP contribution in [0.2, 0.25) is 0 Å². The van der Waals surface area contributed by atoms with Gasteiger partial charge in [-0.3, -0.25) is 19.3 Å². The van der Waals surface area contributed by atoms with Crippen molar-refractivity contribution in [2.24, 2.45) is 17.6 Å². The highest BCUT2D eigenvalue weighted by Gasteiger charge is 2.44. The molecule has 6 nitrogen and oxygen atoms in total. The molecule has 2 fully saturated rings. The topological polar surface area (TPSA) is 83.7 Å². The quantitative estimate of drug-likeness (QED) is 0.800. The van der Waals surface area contributed by atoms with Crippen molar-refractivity contribution in [2.75, 3.05) is 19.6 Å². The maximum absolute atomic E-state index is 12.6. The van der Waals surface area contributed by atoms with Gasteiger partial charge in [0.05, 0.1) is 11.1 Å². The summed E-state index contributed by atoms with van der Waals surface area (Å²) in [7, 11) is 0. The normalized spacial score (nSPS) is 27.4. The lowest BCUT2D eigenvalue weighted by molar-refractivity contribution is -0.130. The number of nitrogens with zero attached hydrogens (tertiary/aromatic N) is 2. The fourth-order valence-electron chi connectivity index (χ4n) is 4.29.